The lowest BCUT2D eigenvalue weighted by molar-refractivity contribution is 0.454. The number of imidazole rings is 1. The fourth-order valence-electron chi connectivity index (χ4n) is 3.04. The maximum atomic E-state index is 11.4. The molecule has 0 aliphatic heterocycles. The summed E-state index contributed by atoms with van der Waals surface area (Å²) >= 11 is 0. The van der Waals surface area contributed by atoms with Gasteiger partial charge in [0.1, 0.15) is 5.69 Å². The number of hydrogen-bond donors (Lipinski definition) is 4. The molecule has 1 atom stereocenters. The van der Waals surface area contributed by atoms with Crippen LogP contribution in [0.2, 0.25) is 0 Å². The van der Waals surface area contributed by atoms with E-state index in [-0.39, 0.29) is 23.7 Å². The summed E-state index contributed by atoms with van der Waals surface area (Å²) in [6.07, 6.45) is 6.97. The zero-order valence-electron chi connectivity index (χ0n) is 16.1. The topological polar surface area (TPSA) is 149 Å². The predicted octanol–water partition coefficient (Wildman–Crippen LogP) is 0.0252. The van der Waals surface area contributed by atoms with Crippen LogP contribution < -0.4 is 21.8 Å². The zero-order chi connectivity index (χ0) is 20.7. The molecule has 4 heterocycles. The molecule has 1 aliphatic carbocycles. The van der Waals surface area contributed by atoms with Crippen LogP contribution in [0.5, 0.6) is 5.88 Å². The van der Waals surface area contributed by atoms with E-state index in [1.165, 1.54) is 0 Å². The average molecular weight is 405 g/mol. The number of fused-ring (bicyclic) bond motifs is 1. The summed E-state index contributed by atoms with van der Waals surface area (Å²) < 4.78 is 1.56. The van der Waals surface area contributed by atoms with Crippen LogP contribution in [0.15, 0.2) is 40.4 Å². The molecule has 0 spiro atoms. The van der Waals surface area contributed by atoms with E-state index in [1.54, 1.807) is 23.0 Å². The van der Waals surface area contributed by atoms with Gasteiger partial charge in [-0.15, -0.1) is 0 Å². The largest absolute Gasteiger partial charge is 0.493 e. The van der Waals surface area contributed by atoms with Crippen LogP contribution in [0.4, 0.5) is 5.95 Å². The van der Waals surface area contributed by atoms with Gasteiger partial charge in [-0.05, 0) is 38.0 Å². The molecular weight excluding hydrogens is 386 g/mol. The molecule has 4 N–H and O–H groups in total. The molecule has 1 fully saturated rings. The number of aromatic amines is 2. The number of nitrogens with one attached hydrogen (secondary N) is 3. The maximum Gasteiger partial charge on any atom is 0.326 e. The monoisotopic (exact) mass is 405 g/mol. The molecule has 30 heavy (non-hydrogen) atoms. The zero-order valence-corrected chi connectivity index (χ0v) is 16.1. The van der Waals surface area contributed by atoms with Crippen LogP contribution in [0.3, 0.4) is 0 Å². The number of aromatic nitrogens is 7. The molecule has 0 amide bonds. The summed E-state index contributed by atoms with van der Waals surface area (Å²) in [7, 11) is 0. The van der Waals surface area contributed by atoms with E-state index >= 15 is 0 Å². The van der Waals surface area contributed by atoms with Crippen LogP contribution in [-0.2, 0) is 0 Å². The van der Waals surface area contributed by atoms with Gasteiger partial charge in [0.25, 0.3) is 5.62 Å². The van der Waals surface area contributed by atoms with Crippen LogP contribution in [-0.4, -0.2) is 45.7 Å². The minimum Gasteiger partial charge on any atom is -0.493 e. The molecule has 0 saturated heterocycles. The van der Waals surface area contributed by atoms with Gasteiger partial charge in [0.05, 0.1) is 24.0 Å². The van der Waals surface area contributed by atoms with Crippen molar-refractivity contribution in [1.82, 2.24) is 34.5 Å². The number of hydrogen-bond acceptors (Lipinski definition) is 8. The van der Waals surface area contributed by atoms with E-state index in [9.17, 15) is 9.90 Å². The maximum absolute atomic E-state index is 11.4. The van der Waals surface area contributed by atoms with E-state index in [4.69, 9.17) is 0 Å². The Kier molecular flexibility index (Phi) is 4.27. The molecule has 11 nitrogen and oxygen atoms in total. The number of anilines is 1. The van der Waals surface area contributed by atoms with Crippen molar-refractivity contribution in [1.29, 1.82) is 0 Å². The van der Waals surface area contributed by atoms with Crippen molar-refractivity contribution in [2.45, 2.75) is 31.8 Å². The first-order chi connectivity index (χ1) is 14.6. The Labute approximate surface area is 169 Å². The van der Waals surface area contributed by atoms with Crippen LogP contribution in [0.1, 0.15) is 37.2 Å². The fraction of sp³-hybridized carbons (Fsp3) is 0.263. The minimum atomic E-state index is -0.499. The lowest BCUT2D eigenvalue weighted by Gasteiger charge is -2.13. The third-order valence-electron chi connectivity index (χ3n) is 4.74. The van der Waals surface area contributed by atoms with Gasteiger partial charge in [-0.1, -0.05) is 6.07 Å². The molecule has 1 saturated carbocycles. The highest BCUT2D eigenvalue weighted by atomic mass is 16.3. The summed E-state index contributed by atoms with van der Waals surface area (Å²) in [4.78, 5) is 34.4. The highest BCUT2D eigenvalue weighted by molar-refractivity contribution is 5.57. The lowest BCUT2D eigenvalue weighted by atomic mass is 10.2. The second-order valence-electron chi connectivity index (χ2n) is 7.15. The molecule has 4 aromatic heterocycles. The molecular formula is C19H19N9O2. The Morgan fingerprint density at radius 3 is 2.90 bits per heavy atom. The Morgan fingerprint density at radius 2 is 2.20 bits per heavy atom. The van der Waals surface area contributed by atoms with E-state index < -0.39 is 5.69 Å². The predicted molar refractivity (Wildman–Crippen MR) is 108 cm³/mol. The summed E-state index contributed by atoms with van der Waals surface area (Å²) in [6, 6.07) is 5.83. The van der Waals surface area contributed by atoms with Crippen molar-refractivity contribution in [3.63, 3.8) is 0 Å². The average Bonchev–Trinajstić information content (AvgIpc) is 3.37. The highest BCUT2D eigenvalue weighted by Crippen LogP contribution is 2.22. The molecule has 0 bridgehead atoms. The minimum absolute atomic E-state index is 0.122. The van der Waals surface area contributed by atoms with Gasteiger partial charge in [-0.2, -0.15) is 19.6 Å². The lowest BCUT2D eigenvalue weighted by Crippen LogP contribution is -2.25. The van der Waals surface area contributed by atoms with Gasteiger partial charge in [-0.3, -0.25) is 9.97 Å². The summed E-state index contributed by atoms with van der Waals surface area (Å²) in [5.41, 5.74) is 1.55. The third-order valence-corrected chi connectivity index (χ3v) is 4.74. The number of H-pyrrole nitrogens is 2. The van der Waals surface area contributed by atoms with Gasteiger partial charge in [0, 0.05) is 11.4 Å². The second-order valence-corrected chi connectivity index (χ2v) is 7.15. The summed E-state index contributed by atoms with van der Waals surface area (Å²) in [6.45, 7) is 1.97. The number of rotatable bonds is 5. The first kappa shape index (κ1) is 18.0. The Hall–Kier alpha value is -4.02. The quantitative estimate of drug-likeness (QED) is 0.366. The molecule has 11 heteroatoms. The van der Waals surface area contributed by atoms with Gasteiger partial charge in [0.15, 0.2) is 5.65 Å². The van der Waals surface area contributed by atoms with Gasteiger partial charge >= 0.3 is 5.69 Å². The number of nitrogens with zero attached hydrogens (tertiary/aromatic N) is 6. The first-order valence-corrected chi connectivity index (χ1v) is 9.57. The SMILES string of the molecule is C[C@H](Nc1nc(=NC2CC2)n2ncc(=Cc3[nH]c(=O)[nH]c3O)c2n1)c1ccccn1. The van der Waals surface area contributed by atoms with Crippen molar-refractivity contribution in [2.24, 2.45) is 4.99 Å². The summed E-state index contributed by atoms with van der Waals surface area (Å²) in [5.74, 6) is 0.139. The van der Waals surface area contributed by atoms with Crippen molar-refractivity contribution in [3.8, 4) is 5.88 Å². The van der Waals surface area contributed by atoms with Gasteiger partial charge in [-0.25, -0.2) is 9.79 Å². The number of pyridine rings is 1. The van der Waals surface area contributed by atoms with Gasteiger partial charge in [0.2, 0.25) is 11.8 Å². The highest BCUT2D eigenvalue weighted by Gasteiger charge is 2.21. The Balaban J connectivity index is 1.63. The standard InChI is InChI=1S/C19H19N9O2/c1-10(13-4-2-3-7-20-13)22-17-25-15-11(8-14-16(29)26-19(30)24-14)9-21-28(15)18(27-17)23-12-5-6-12/h2-4,7-10,12,29H,5-6H2,1H3,(H,22,23,27)(H2,24,26,30)/t10-/m0/s1. The smallest absolute Gasteiger partial charge is 0.326 e. The molecule has 0 aromatic carbocycles. The molecule has 0 radical (unpaired) electrons. The Morgan fingerprint density at radius 1 is 1.33 bits per heavy atom. The van der Waals surface area contributed by atoms with Crippen LogP contribution in [0, 0.1) is 0 Å². The van der Waals surface area contributed by atoms with E-state index in [2.05, 4.69) is 40.3 Å². The van der Waals surface area contributed by atoms with E-state index in [0.29, 0.717) is 22.4 Å². The summed E-state index contributed by atoms with van der Waals surface area (Å²) in [5, 5.41) is 18.1. The van der Waals surface area contributed by atoms with Crippen LogP contribution >= 0.6 is 0 Å². The Bertz CT molecular complexity index is 1380. The fourth-order valence-corrected chi connectivity index (χ4v) is 3.04. The van der Waals surface area contributed by atoms with Crippen molar-refractivity contribution in [3.05, 3.63) is 63.3 Å². The van der Waals surface area contributed by atoms with Crippen LogP contribution in [0.25, 0.3) is 11.7 Å². The molecule has 152 valence electrons. The van der Waals surface area contributed by atoms with E-state index in [1.807, 2.05) is 25.1 Å². The number of aromatic hydroxyl groups is 1. The molecule has 0 unspecified atom stereocenters. The van der Waals surface area contributed by atoms with Gasteiger partial charge < -0.3 is 15.4 Å². The molecule has 4 aromatic rings. The third kappa shape index (κ3) is 3.52. The van der Waals surface area contributed by atoms with Crippen molar-refractivity contribution < 1.29 is 5.11 Å². The van der Waals surface area contributed by atoms with Crippen molar-refractivity contribution >= 4 is 17.7 Å². The molecule has 1 aliphatic rings. The van der Waals surface area contributed by atoms with Crippen molar-refractivity contribution in [2.75, 3.05) is 5.32 Å². The second kappa shape index (κ2) is 7.10. The van der Waals surface area contributed by atoms with E-state index in [0.717, 1.165) is 18.5 Å². The molecule has 5 rings (SSSR count). The first-order valence-electron chi connectivity index (χ1n) is 9.57. The normalized spacial score (nSPS) is 16.3.